The maximum Gasteiger partial charge on any atom is 0.273 e. The van der Waals surface area contributed by atoms with Gasteiger partial charge in [-0.25, -0.2) is 13.9 Å². The van der Waals surface area contributed by atoms with Crippen LogP contribution in [0.1, 0.15) is 6.92 Å². The number of benzene rings is 1. The monoisotopic (exact) mass is 323 g/mol. The molecule has 0 saturated heterocycles. The normalized spacial score (nSPS) is 11.2. The van der Waals surface area contributed by atoms with Crippen LogP contribution in [0.4, 0.5) is 4.39 Å². The molecule has 0 spiro atoms. The summed E-state index contributed by atoms with van der Waals surface area (Å²) < 4.78 is 16.2. The average molecular weight is 323 g/mol. The van der Waals surface area contributed by atoms with Crippen LogP contribution in [0.25, 0.3) is 28.2 Å². The van der Waals surface area contributed by atoms with E-state index in [0.29, 0.717) is 17.0 Å². The first kappa shape index (κ1) is 14.4. The summed E-state index contributed by atoms with van der Waals surface area (Å²) in [6.45, 7) is 2.74. The van der Waals surface area contributed by atoms with Crippen LogP contribution < -0.4 is 5.56 Å². The van der Waals surface area contributed by atoms with E-state index in [2.05, 4.69) is 15.2 Å². The van der Waals surface area contributed by atoms with E-state index in [4.69, 9.17) is 0 Å². The highest BCUT2D eigenvalue weighted by Crippen LogP contribution is 2.20. The molecule has 7 heteroatoms. The number of hydrogen-bond donors (Lipinski definition) is 1. The third kappa shape index (κ3) is 2.40. The number of fused-ring (bicyclic) bond motifs is 1. The fourth-order valence-electron chi connectivity index (χ4n) is 2.59. The Bertz CT molecular complexity index is 1070. The molecule has 4 rings (SSSR count). The lowest BCUT2D eigenvalue weighted by Crippen LogP contribution is -2.14. The Morgan fingerprint density at radius 3 is 2.67 bits per heavy atom. The van der Waals surface area contributed by atoms with Crippen LogP contribution in [0, 0.1) is 5.82 Å². The lowest BCUT2D eigenvalue weighted by Gasteiger charge is -1.98. The van der Waals surface area contributed by atoms with Gasteiger partial charge in [0.2, 0.25) is 0 Å². The predicted molar refractivity (Wildman–Crippen MR) is 88.1 cm³/mol. The lowest BCUT2D eigenvalue weighted by molar-refractivity contribution is 0.628. The van der Waals surface area contributed by atoms with Crippen molar-refractivity contribution in [2.45, 2.75) is 13.5 Å². The molecule has 0 saturated carbocycles. The molecule has 0 amide bonds. The standard InChI is InChI=1S/C17H14FN5O/c1-2-22-10-12(9-19-22)14-8-17(24)23-16(20-14)7-15(21-23)11-3-5-13(18)6-4-11/h3-10,21H,2H2,1H3. The number of rotatable bonds is 3. The second-order valence-electron chi connectivity index (χ2n) is 5.43. The van der Waals surface area contributed by atoms with E-state index < -0.39 is 0 Å². The minimum Gasteiger partial charge on any atom is -0.289 e. The van der Waals surface area contributed by atoms with E-state index >= 15 is 0 Å². The first-order valence-electron chi connectivity index (χ1n) is 7.55. The summed E-state index contributed by atoms with van der Waals surface area (Å²) in [5.74, 6) is -0.305. The highest BCUT2D eigenvalue weighted by Gasteiger charge is 2.10. The number of H-pyrrole nitrogens is 1. The Labute approximate surface area is 136 Å². The minimum absolute atomic E-state index is 0.215. The largest absolute Gasteiger partial charge is 0.289 e. The molecule has 4 aromatic rings. The number of aromatic nitrogens is 5. The fourth-order valence-corrected chi connectivity index (χ4v) is 2.59. The number of nitrogens with one attached hydrogen (secondary N) is 1. The molecule has 24 heavy (non-hydrogen) atoms. The van der Waals surface area contributed by atoms with Crippen molar-refractivity contribution in [3.8, 4) is 22.5 Å². The van der Waals surface area contributed by atoms with Crippen molar-refractivity contribution in [3.63, 3.8) is 0 Å². The zero-order valence-corrected chi connectivity index (χ0v) is 12.9. The zero-order valence-electron chi connectivity index (χ0n) is 12.9. The van der Waals surface area contributed by atoms with Gasteiger partial charge in [0.05, 0.1) is 17.6 Å². The van der Waals surface area contributed by atoms with Crippen molar-refractivity contribution < 1.29 is 4.39 Å². The molecular formula is C17H14FN5O. The SMILES string of the molecule is CCn1cc(-c2cc(=O)n3[nH]c(-c4ccc(F)cc4)cc3n2)cn1. The van der Waals surface area contributed by atoms with Gasteiger partial charge in [-0.2, -0.15) is 5.10 Å². The van der Waals surface area contributed by atoms with Gasteiger partial charge in [-0.1, -0.05) is 0 Å². The van der Waals surface area contributed by atoms with Crippen molar-refractivity contribution in [2.75, 3.05) is 0 Å². The van der Waals surface area contributed by atoms with Gasteiger partial charge in [-0.05, 0) is 36.8 Å². The number of hydrogen-bond acceptors (Lipinski definition) is 3. The zero-order chi connectivity index (χ0) is 16.7. The Hall–Kier alpha value is -3.22. The van der Waals surface area contributed by atoms with Gasteiger partial charge in [0.15, 0.2) is 5.65 Å². The molecule has 0 bridgehead atoms. The number of aromatic amines is 1. The van der Waals surface area contributed by atoms with Crippen LogP contribution in [-0.4, -0.2) is 24.4 Å². The predicted octanol–water partition coefficient (Wildman–Crippen LogP) is 2.71. The molecule has 0 radical (unpaired) electrons. The smallest absolute Gasteiger partial charge is 0.273 e. The van der Waals surface area contributed by atoms with E-state index in [1.54, 1.807) is 29.1 Å². The van der Waals surface area contributed by atoms with Crippen molar-refractivity contribution in [1.29, 1.82) is 0 Å². The quantitative estimate of drug-likeness (QED) is 0.630. The summed E-state index contributed by atoms with van der Waals surface area (Å²) in [5.41, 5.74) is 3.13. The molecule has 0 aliphatic carbocycles. The summed E-state index contributed by atoms with van der Waals surface area (Å²) in [4.78, 5) is 16.9. The van der Waals surface area contributed by atoms with Gasteiger partial charge in [-0.15, -0.1) is 0 Å². The van der Waals surface area contributed by atoms with Gasteiger partial charge in [0, 0.05) is 30.4 Å². The van der Waals surface area contributed by atoms with Crippen LogP contribution in [0.2, 0.25) is 0 Å². The molecule has 3 heterocycles. The maximum atomic E-state index is 13.1. The van der Waals surface area contributed by atoms with Crippen LogP contribution in [0.15, 0.2) is 53.6 Å². The second kappa shape index (κ2) is 5.45. The number of halogens is 1. The van der Waals surface area contributed by atoms with E-state index in [1.165, 1.54) is 22.7 Å². The summed E-state index contributed by atoms with van der Waals surface area (Å²) >= 11 is 0. The molecule has 1 aromatic carbocycles. The van der Waals surface area contributed by atoms with Crippen molar-refractivity contribution in [3.05, 3.63) is 65.0 Å². The molecule has 3 aromatic heterocycles. The van der Waals surface area contributed by atoms with Gasteiger partial charge < -0.3 is 0 Å². The van der Waals surface area contributed by atoms with Crippen LogP contribution in [0.5, 0.6) is 0 Å². The Morgan fingerprint density at radius 2 is 1.96 bits per heavy atom. The summed E-state index contributed by atoms with van der Waals surface area (Å²) in [6.07, 6.45) is 3.54. The molecular weight excluding hydrogens is 309 g/mol. The minimum atomic E-state index is -0.305. The van der Waals surface area contributed by atoms with Crippen molar-refractivity contribution in [1.82, 2.24) is 24.4 Å². The van der Waals surface area contributed by atoms with Crippen LogP contribution in [-0.2, 0) is 6.54 Å². The Kier molecular flexibility index (Phi) is 3.26. The molecule has 0 aliphatic rings. The molecule has 0 aliphatic heterocycles. The molecule has 120 valence electrons. The molecule has 0 unspecified atom stereocenters. The van der Waals surface area contributed by atoms with Crippen LogP contribution in [0.3, 0.4) is 0 Å². The van der Waals surface area contributed by atoms with Gasteiger partial charge >= 0.3 is 0 Å². The second-order valence-corrected chi connectivity index (χ2v) is 5.43. The Morgan fingerprint density at radius 1 is 1.17 bits per heavy atom. The summed E-state index contributed by atoms with van der Waals surface area (Å²) in [7, 11) is 0. The van der Waals surface area contributed by atoms with E-state index in [1.807, 2.05) is 13.1 Å². The van der Waals surface area contributed by atoms with Gasteiger partial charge in [0.25, 0.3) is 5.56 Å². The summed E-state index contributed by atoms with van der Waals surface area (Å²) in [5, 5.41) is 7.20. The first-order valence-corrected chi connectivity index (χ1v) is 7.55. The van der Waals surface area contributed by atoms with Crippen LogP contribution >= 0.6 is 0 Å². The maximum absolute atomic E-state index is 13.1. The third-order valence-corrected chi connectivity index (χ3v) is 3.86. The molecule has 0 fully saturated rings. The van der Waals surface area contributed by atoms with Crippen molar-refractivity contribution in [2.24, 2.45) is 0 Å². The Balaban J connectivity index is 1.83. The average Bonchev–Trinajstić information content (AvgIpc) is 3.22. The third-order valence-electron chi connectivity index (χ3n) is 3.86. The molecule has 1 N–H and O–H groups in total. The van der Waals surface area contributed by atoms with E-state index in [-0.39, 0.29) is 11.4 Å². The highest BCUT2D eigenvalue weighted by atomic mass is 19.1. The number of aryl methyl sites for hydroxylation is 1. The van der Waals surface area contributed by atoms with E-state index in [0.717, 1.165) is 17.7 Å². The fraction of sp³-hybridized carbons (Fsp3) is 0.118. The molecule has 0 atom stereocenters. The number of nitrogens with zero attached hydrogens (tertiary/aromatic N) is 4. The van der Waals surface area contributed by atoms with Gasteiger partial charge in [0.1, 0.15) is 5.82 Å². The summed E-state index contributed by atoms with van der Waals surface area (Å²) in [6, 6.07) is 9.29. The lowest BCUT2D eigenvalue weighted by atomic mass is 10.1. The van der Waals surface area contributed by atoms with Gasteiger partial charge in [-0.3, -0.25) is 14.6 Å². The topological polar surface area (TPSA) is 68.0 Å². The van der Waals surface area contributed by atoms with Crippen molar-refractivity contribution >= 4 is 5.65 Å². The highest BCUT2D eigenvalue weighted by molar-refractivity contribution is 5.66. The first-order chi connectivity index (χ1) is 11.6. The van der Waals surface area contributed by atoms with E-state index in [9.17, 15) is 9.18 Å². The molecule has 6 nitrogen and oxygen atoms in total.